The maximum Gasteiger partial charge on any atom is 0.147 e. The topological polar surface area (TPSA) is 100 Å². The standard InChI is InChI=1S/C28H35ClN6O2S3/c1-27(2,3)39(36)33-26-19-8-7-13-30-21(19)16-28(26)11-14-35(15-12-28)23-17-32-24(18-31-23)38-22-10-6-9-20(25(22)29)34-40(4,5)37/h6-10,13,17-18,26,33H,11-12,14-16H2,1-5H3/t26-,39+/m0/s1. The van der Waals surface area contributed by atoms with Gasteiger partial charge >= 0.3 is 0 Å². The molecule has 40 heavy (non-hydrogen) atoms. The van der Waals surface area contributed by atoms with Gasteiger partial charge in [-0.05, 0) is 69.2 Å². The van der Waals surface area contributed by atoms with Crippen molar-refractivity contribution in [3.05, 3.63) is 65.2 Å². The van der Waals surface area contributed by atoms with Crippen molar-refractivity contribution < 1.29 is 8.42 Å². The number of piperidine rings is 1. The molecule has 2 atom stereocenters. The van der Waals surface area contributed by atoms with Crippen LogP contribution in [0, 0.1) is 5.41 Å². The zero-order valence-corrected chi connectivity index (χ0v) is 26.6. The molecule has 8 nitrogen and oxygen atoms in total. The van der Waals surface area contributed by atoms with Gasteiger partial charge in [-0.15, -0.1) is 0 Å². The van der Waals surface area contributed by atoms with Crippen LogP contribution in [0.4, 0.5) is 11.5 Å². The molecule has 12 heteroatoms. The second-order valence-corrected chi connectivity index (χ2v) is 17.7. The maximum absolute atomic E-state index is 13.1. The largest absolute Gasteiger partial charge is 0.355 e. The Hall–Kier alpha value is -2.05. The van der Waals surface area contributed by atoms with Gasteiger partial charge in [0, 0.05) is 52.1 Å². The highest BCUT2D eigenvalue weighted by Gasteiger charge is 2.49. The molecule has 1 N–H and O–H groups in total. The zero-order valence-electron chi connectivity index (χ0n) is 23.4. The summed E-state index contributed by atoms with van der Waals surface area (Å²) in [5.74, 6) is 0.835. The fraction of sp³-hybridized carbons (Fsp3) is 0.464. The first-order valence-electron chi connectivity index (χ1n) is 13.2. The van der Waals surface area contributed by atoms with E-state index < -0.39 is 20.7 Å². The van der Waals surface area contributed by atoms with Gasteiger partial charge < -0.3 is 4.90 Å². The van der Waals surface area contributed by atoms with Crippen LogP contribution in [-0.2, 0) is 27.1 Å². The van der Waals surface area contributed by atoms with E-state index >= 15 is 0 Å². The lowest BCUT2D eigenvalue weighted by Gasteiger charge is -2.44. The number of hydrogen-bond acceptors (Lipinski definition) is 8. The predicted molar refractivity (Wildman–Crippen MR) is 165 cm³/mol. The number of nitrogens with one attached hydrogen (secondary N) is 1. The smallest absolute Gasteiger partial charge is 0.147 e. The van der Waals surface area contributed by atoms with Gasteiger partial charge in [0.15, 0.2) is 0 Å². The number of hydrogen-bond donors (Lipinski definition) is 1. The van der Waals surface area contributed by atoms with E-state index in [2.05, 4.69) is 30.0 Å². The minimum atomic E-state index is -2.32. The normalized spacial score (nSPS) is 19.4. The van der Waals surface area contributed by atoms with E-state index in [9.17, 15) is 8.42 Å². The number of benzene rings is 1. The summed E-state index contributed by atoms with van der Waals surface area (Å²) < 4.78 is 32.7. The van der Waals surface area contributed by atoms with E-state index in [1.165, 1.54) is 17.3 Å². The highest BCUT2D eigenvalue weighted by Crippen LogP contribution is 2.52. The molecule has 1 aromatic carbocycles. The van der Waals surface area contributed by atoms with Gasteiger partial charge in [0.05, 0.1) is 44.9 Å². The molecule has 1 saturated heterocycles. The molecular formula is C28H35ClN6O2S3. The number of pyridine rings is 1. The van der Waals surface area contributed by atoms with Crippen LogP contribution in [0.3, 0.4) is 0 Å². The number of halogens is 1. The second-order valence-electron chi connectivity index (χ2n) is 11.7. The molecule has 0 saturated carbocycles. The Morgan fingerprint density at radius 1 is 1.12 bits per heavy atom. The Labute approximate surface area is 248 Å². The third-order valence-corrected chi connectivity index (χ3v) is 11.0. The minimum absolute atomic E-state index is 0.00399. The molecule has 0 radical (unpaired) electrons. The van der Waals surface area contributed by atoms with E-state index in [0.29, 0.717) is 10.7 Å². The fourth-order valence-corrected chi connectivity index (χ4v) is 7.95. The maximum atomic E-state index is 13.1. The summed E-state index contributed by atoms with van der Waals surface area (Å²) in [6.07, 6.45) is 11.3. The van der Waals surface area contributed by atoms with Gasteiger partial charge in [-0.3, -0.25) is 4.98 Å². The van der Waals surface area contributed by atoms with Crippen LogP contribution < -0.4 is 9.62 Å². The summed E-state index contributed by atoms with van der Waals surface area (Å²) in [6, 6.07) is 9.60. The van der Waals surface area contributed by atoms with E-state index in [4.69, 9.17) is 16.6 Å². The van der Waals surface area contributed by atoms with Crippen LogP contribution in [0.5, 0.6) is 0 Å². The van der Waals surface area contributed by atoms with Crippen molar-refractivity contribution in [1.82, 2.24) is 19.7 Å². The molecule has 1 aliphatic heterocycles. The first-order valence-corrected chi connectivity index (χ1v) is 17.8. The van der Waals surface area contributed by atoms with Crippen molar-refractivity contribution in [2.24, 2.45) is 9.78 Å². The molecule has 3 heterocycles. The molecule has 1 aliphatic carbocycles. The summed E-state index contributed by atoms with van der Waals surface area (Å²) in [7, 11) is -3.50. The van der Waals surface area contributed by atoms with Gasteiger partial charge in [-0.25, -0.2) is 23.1 Å². The van der Waals surface area contributed by atoms with Crippen LogP contribution in [-0.4, -0.2) is 53.7 Å². The molecule has 1 spiro atoms. The molecule has 214 valence electrons. The van der Waals surface area contributed by atoms with E-state index in [0.717, 1.165) is 53.8 Å². The lowest BCUT2D eigenvalue weighted by atomic mass is 9.73. The molecule has 2 aromatic heterocycles. The van der Waals surface area contributed by atoms with Gasteiger partial charge in [0.25, 0.3) is 0 Å². The molecule has 0 unspecified atom stereocenters. The molecule has 0 bridgehead atoms. The average Bonchev–Trinajstić information content (AvgIpc) is 3.18. The van der Waals surface area contributed by atoms with Crippen molar-refractivity contribution in [3.8, 4) is 0 Å². The highest BCUT2D eigenvalue weighted by atomic mass is 35.5. The first kappa shape index (κ1) is 29.4. The molecule has 3 aromatic rings. The summed E-state index contributed by atoms with van der Waals surface area (Å²) in [5.41, 5.74) is 2.75. The summed E-state index contributed by atoms with van der Waals surface area (Å²) in [5, 5.41) is 1.18. The quantitative estimate of drug-likeness (QED) is 0.363. The summed E-state index contributed by atoms with van der Waals surface area (Å²) in [6.45, 7) is 7.66. The van der Waals surface area contributed by atoms with E-state index in [1.807, 2.05) is 51.4 Å². The van der Waals surface area contributed by atoms with Crippen molar-refractivity contribution in [3.63, 3.8) is 0 Å². The van der Waals surface area contributed by atoms with Crippen LogP contribution in [0.25, 0.3) is 0 Å². The Morgan fingerprint density at radius 2 is 1.88 bits per heavy atom. The van der Waals surface area contributed by atoms with Gasteiger partial charge in [0.1, 0.15) is 10.8 Å². The number of aromatic nitrogens is 3. The highest BCUT2D eigenvalue weighted by molar-refractivity contribution is 7.99. The van der Waals surface area contributed by atoms with Crippen LogP contribution in [0.2, 0.25) is 5.02 Å². The van der Waals surface area contributed by atoms with E-state index in [1.54, 1.807) is 24.8 Å². The molecule has 0 amide bonds. The van der Waals surface area contributed by atoms with Gasteiger partial charge in [-0.2, -0.15) is 4.36 Å². The van der Waals surface area contributed by atoms with Crippen LogP contribution in [0.15, 0.2) is 63.2 Å². The average molecular weight is 619 g/mol. The molecule has 5 rings (SSSR count). The minimum Gasteiger partial charge on any atom is -0.355 e. The Morgan fingerprint density at radius 3 is 2.52 bits per heavy atom. The Kier molecular flexibility index (Phi) is 8.33. The molecule has 2 aliphatic rings. The Bertz CT molecular complexity index is 1530. The molecular weight excluding hydrogens is 584 g/mol. The third-order valence-electron chi connectivity index (χ3n) is 7.32. The van der Waals surface area contributed by atoms with Crippen molar-refractivity contribution in [2.45, 2.75) is 60.7 Å². The zero-order chi connectivity index (χ0) is 28.7. The Balaban J connectivity index is 1.29. The van der Waals surface area contributed by atoms with Gasteiger partial charge in [0.2, 0.25) is 0 Å². The lowest BCUT2D eigenvalue weighted by Crippen LogP contribution is -2.48. The van der Waals surface area contributed by atoms with Crippen molar-refractivity contribution in [2.75, 3.05) is 30.5 Å². The number of nitrogens with zero attached hydrogens (tertiary/aromatic N) is 5. The molecule has 1 fully saturated rings. The van der Waals surface area contributed by atoms with Crippen LogP contribution in [0.1, 0.15) is 50.9 Å². The number of fused-ring (bicyclic) bond motifs is 1. The number of anilines is 1. The van der Waals surface area contributed by atoms with E-state index in [-0.39, 0.29) is 16.2 Å². The first-order chi connectivity index (χ1) is 18.8. The third kappa shape index (κ3) is 6.38. The van der Waals surface area contributed by atoms with Crippen molar-refractivity contribution in [1.29, 1.82) is 0 Å². The SMILES string of the molecule is CC(C)(C)[S@@](=O)N[C@H]1c2cccnc2CC12CCN(c1cnc(Sc3cccc(N=S(C)(C)=O)c3Cl)cn1)CC2. The second kappa shape index (κ2) is 11.3. The van der Waals surface area contributed by atoms with Crippen molar-refractivity contribution >= 4 is 55.6 Å². The monoisotopic (exact) mass is 618 g/mol. The fourth-order valence-electron chi connectivity index (χ4n) is 5.27. The number of rotatable bonds is 6. The van der Waals surface area contributed by atoms with Crippen LogP contribution >= 0.6 is 23.4 Å². The summed E-state index contributed by atoms with van der Waals surface area (Å²) >= 11 is 7.96. The lowest BCUT2D eigenvalue weighted by molar-refractivity contribution is 0.176. The van der Waals surface area contributed by atoms with Gasteiger partial charge in [-0.1, -0.05) is 35.5 Å². The predicted octanol–water partition coefficient (Wildman–Crippen LogP) is 5.97. The summed E-state index contributed by atoms with van der Waals surface area (Å²) in [4.78, 5) is 17.1.